The molecule has 12 nitrogen and oxygen atoms in total. The van der Waals surface area contributed by atoms with Crippen molar-refractivity contribution in [1.82, 2.24) is 10.6 Å². The second kappa shape index (κ2) is 11.2. The minimum Gasteiger partial charge on any atom is -0.548 e. The molecule has 2 amide bonds. The van der Waals surface area contributed by atoms with Gasteiger partial charge in [0.2, 0.25) is 0 Å². The molecular formula is C20H19N4O8-. The van der Waals surface area contributed by atoms with Gasteiger partial charge in [0.15, 0.2) is 0 Å². The average molecular weight is 443 g/mol. The molecule has 0 aromatic heterocycles. The predicted octanol–water partition coefficient (Wildman–Crippen LogP) is 0.952. The molecule has 2 N–H and O–H groups in total. The van der Waals surface area contributed by atoms with Crippen molar-refractivity contribution in [2.45, 2.75) is 25.3 Å². The summed E-state index contributed by atoms with van der Waals surface area (Å²) in [5, 5.41) is 37.5. The van der Waals surface area contributed by atoms with Crippen LogP contribution in [0.4, 0.5) is 11.4 Å². The number of nitro groups is 2. The minimum absolute atomic E-state index is 0.0501. The summed E-state index contributed by atoms with van der Waals surface area (Å²) < 4.78 is 0. The SMILES string of the molecule is O=C(NCCCC[C@H](NC(=O)c1ccc([N+](=O)[O-])cc1)C(=O)[O-])c1ccc([N+](=O)[O-])cc1. The zero-order valence-corrected chi connectivity index (χ0v) is 16.7. The lowest BCUT2D eigenvalue weighted by Gasteiger charge is -2.19. The second-order valence-corrected chi connectivity index (χ2v) is 6.70. The molecule has 0 fully saturated rings. The van der Waals surface area contributed by atoms with Gasteiger partial charge in [-0.1, -0.05) is 0 Å². The highest BCUT2D eigenvalue weighted by Crippen LogP contribution is 2.13. The van der Waals surface area contributed by atoms with E-state index in [1.165, 1.54) is 36.4 Å². The highest BCUT2D eigenvalue weighted by atomic mass is 16.6. The molecule has 12 heteroatoms. The third-order valence-corrected chi connectivity index (χ3v) is 4.48. The van der Waals surface area contributed by atoms with E-state index in [1.807, 2.05) is 0 Å². The van der Waals surface area contributed by atoms with Crippen molar-refractivity contribution in [3.63, 3.8) is 0 Å². The number of benzene rings is 2. The Morgan fingerprint density at radius 2 is 1.25 bits per heavy atom. The Bertz CT molecular complexity index is 1010. The molecule has 0 bridgehead atoms. The van der Waals surface area contributed by atoms with Crippen molar-refractivity contribution >= 4 is 29.2 Å². The van der Waals surface area contributed by atoms with Crippen molar-refractivity contribution in [3.05, 3.63) is 79.9 Å². The van der Waals surface area contributed by atoms with Gasteiger partial charge in [-0.3, -0.25) is 29.8 Å². The maximum absolute atomic E-state index is 12.2. The van der Waals surface area contributed by atoms with Gasteiger partial charge >= 0.3 is 0 Å². The van der Waals surface area contributed by atoms with Gasteiger partial charge in [0.05, 0.1) is 21.9 Å². The number of rotatable bonds is 11. The molecule has 0 aliphatic carbocycles. The molecule has 0 saturated heterocycles. The van der Waals surface area contributed by atoms with Crippen LogP contribution in [0.1, 0.15) is 40.0 Å². The number of amides is 2. The minimum atomic E-state index is -1.48. The fourth-order valence-electron chi connectivity index (χ4n) is 2.74. The molecular weight excluding hydrogens is 424 g/mol. The molecule has 168 valence electrons. The quantitative estimate of drug-likeness (QED) is 0.292. The Kier molecular flexibility index (Phi) is 8.34. The standard InChI is InChI=1S/C20H20N4O8/c25-18(13-4-8-15(9-5-13)23(29)30)21-12-2-1-3-17(20(27)28)22-19(26)14-6-10-16(11-7-14)24(31)32/h4-11,17H,1-3,12H2,(H,21,25)(H,22,26)(H,27,28)/p-1/t17-/m0/s1. The van der Waals surface area contributed by atoms with E-state index in [4.69, 9.17) is 0 Å². The lowest BCUT2D eigenvalue weighted by Crippen LogP contribution is -2.47. The highest BCUT2D eigenvalue weighted by molar-refractivity contribution is 5.96. The van der Waals surface area contributed by atoms with Crippen LogP contribution in [0.3, 0.4) is 0 Å². The third-order valence-electron chi connectivity index (χ3n) is 4.48. The van der Waals surface area contributed by atoms with Crippen molar-refractivity contribution < 1.29 is 29.3 Å². The molecule has 1 atom stereocenters. The van der Waals surface area contributed by atoms with Crippen LogP contribution in [0.15, 0.2) is 48.5 Å². The van der Waals surface area contributed by atoms with E-state index in [-0.39, 0.29) is 35.5 Å². The number of hydrogen-bond acceptors (Lipinski definition) is 8. The predicted molar refractivity (Wildman–Crippen MR) is 109 cm³/mol. The number of nitrogens with one attached hydrogen (secondary N) is 2. The number of carbonyl (C=O) groups is 3. The van der Waals surface area contributed by atoms with E-state index < -0.39 is 33.7 Å². The molecule has 2 rings (SSSR count). The topological polar surface area (TPSA) is 185 Å². The summed E-state index contributed by atoms with van der Waals surface area (Å²) in [5.74, 6) is -2.61. The summed E-state index contributed by atoms with van der Waals surface area (Å²) in [6.45, 7) is 0.228. The average Bonchev–Trinajstić information content (AvgIpc) is 2.77. The Morgan fingerprint density at radius 3 is 1.69 bits per heavy atom. The number of non-ortho nitro benzene ring substituents is 2. The number of aliphatic carboxylic acids is 1. The Morgan fingerprint density at radius 1 is 0.781 bits per heavy atom. The third kappa shape index (κ3) is 6.86. The zero-order valence-electron chi connectivity index (χ0n) is 16.7. The van der Waals surface area contributed by atoms with E-state index in [2.05, 4.69) is 10.6 Å². The maximum Gasteiger partial charge on any atom is 0.269 e. The Balaban J connectivity index is 1.78. The lowest BCUT2D eigenvalue weighted by molar-refractivity contribution is -0.385. The number of carboxylic acids is 1. The highest BCUT2D eigenvalue weighted by Gasteiger charge is 2.16. The van der Waals surface area contributed by atoms with E-state index >= 15 is 0 Å². The largest absolute Gasteiger partial charge is 0.548 e. The first kappa shape index (κ1) is 23.9. The zero-order chi connectivity index (χ0) is 23.7. The van der Waals surface area contributed by atoms with Crippen LogP contribution in [0.25, 0.3) is 0 Å². The molecule has 0 heterocycles. The van der Waals surface area contributed by atoms with E-state index in [9.17, 15) is 39.7 Å². The number of carboxylic acid groups (broad SMARTS) is 1. The van der Waals surface area contributed by atoms with Crippen LogP contribution in [0.2, 0.25) is 0 Å². The summed E-state index contributed by atoms with van der Waals surface area (Å²) >= 11 is 0. The fourth-order valence-corrected chi connectivity index (χ4v) is 2.74. The second-order valence-electron chi connectivity index (χ2n) is 6.70. The normalized spacial score (nSPS) is 11.2. The number of carbonyl (C=O) groups excluding carboxylic acids is 3. The summed E-state index contributed by atoms with van der Waals surface area (Å²) in [6, 6.07) is 8.51. The smallest absolute Gasteiger partial charge is 0.269 e. The molecule has 0 aliphatic heterocycles. The van der Waals surface area contributed by atoms with Gasteiger partial charge in [0, 0.05) is 41.9 Å². The molecule has 0 radical (unpaired) electrons. The van der Waals surface area contributed by atoms with Crippen molar-refractivity contribution in [2.75, 3.05) is 6.54 Å². The van der Waals surface area contributed by atoms with Crippen LogP contribution in [-0.4, -0.2) is 40.2 Å². The lowest BCUT2D eigenvalue weighted by atomic mass is 10.1. The molecule has 0 unspecified atom stereocenters. The maximum atomic E-state index is 12.2. The monoisotopic (exact) mass is 443 g/mol. The van der Waals surface area contributed by atoms with Crippen molar-refractivity contribution in [3.8, 4) is 0 Å². The Hall–Kier alpha value is -4.35. The molecule has 32 heavy (non-hydrogen) atoms. The fraction of sp³-hybridized carbons (Fsp3) is 0.250. The summed E-state index contributed by atoms with van der Waals surface area (Å²) in [6.07, 6.45) is 0.810. The van der Waals surface area contributed by atoms with Gasteiger partial charge in [0.1, 0.15) is 0 Å². The van der Waals surface area contributed by atoms with E-state index in [0.29, 0.717) is 12.8 Å². The van der Waals surface area contributed by atoms with Gasteiger partial charge in [-0.25, -0.2) is 0 Å². The number of nitrogens with zero attached hydrogens (tertiary/aromatic N) is 2. The number of nitro benzene ring substituents is 2. The van der Waals surface area contributed by atoms with Crippen LogP contribution in [-0.2, 0) is 4.79 Å². The summed E-state index contributed by atoms with van der Waals surface area (Å²) in [7, 11) is 0. The number of unbranched alkanes of at least 4 members (excludes halogenated alkanes) is 1. The van der Waals surface area contributed by atoms with E-state index in [0.717, 1.165) is 12.1 Å². The van der Waals surface area contributed by atoms with Gasteiger partial charge in [-0.15, -0.1) is 0 Å². The van der Waals surface area contributed by atoms with E-state index in [1.54, 1.807) is 0 Å². The first-order chi connectivity index (χ1) is 15.2. The van der Waals surface area contributed by atoms with Crippen LogP contribution < -0.4 is 15.7 Å². The van der Waals surface area contributed by atoms with Gasteiger partial charge in [0.25, 0.3) is 23.2 Å². The van der Waals surface area contributed by atoms with Gasteiger partial charge < -0.3 is 20.5 Å². The first-order valence-corrected chi connectivity index (χ1v) is 9.48. The van der Waals surface area contributed by atoms with Crippen LogP contribution in [0.5, 0.6) is 0 Å². The summed E-state index contributed by atoms with van der Waals surface area (Å²) in [5.41, 5.74) is -0.0183. The first-order valence-electron chi connectivity index (χ1n) is 9.48. The Labute approximate surface area is 181 Å². The molecule has 0 spiro atoms. The molecule has 2 aromatic rings. The van der Waals surface area contributed by atoms with Crippen molar-refractivity contribution in [1.29, 1.82) is 0 Å². The van der Waals surface area contributed by atoms with Crippen molar-refractivity contribution in [2.24, 2.45) is 0 Å². The molecule has 0 aliphatic rings. The van der Waals surface area contributed by atoms with Crippen LogP contribution in [0, 0.1) is 20.2 Å². The van der Waals surface area contributed by atoms with Crippen LogP contribution >= 0.6 is 0 Å². The number of hydrogen-bond donors (Lipinski definition) is 2. The van der Waals surface area contributed by atoms with Gasteiger partial charge in [-0.05, 0) is 43.5 Å². The molecule has 2 aromatic carbocycles. The van der Waals surface area contributed by atoms with Gasteiger partial charge in [-0.2, -0.15) is 0 Å². The summed E-state index contributed by atoms with van der Waals surface area (Å²) in [4.78, 5) is 55.6. The molecule has 0 saturated carbocycles.